The molecule has 0 bridgehead atoms. The summed E-state index contributed by atoms with van der Waals surface area (Å²) in [7, 11) is 0. The maximum absolute atomic E-state index is 12.1. The fourth-order valence-corrected chi connectivity index (χ4v) is 3.02. The molecule has 3 aromatic carbocycles. The molecule has 0 radical (unpaired) electrons. The van der Waals surface area contributed by atoms with E-state index in [9.17, 15) is 14.4 Å². The van der Waals surface area contributed by atoms with Crippen LogP contribution in [0.5, 0.6) is 11.5 Å². The van der Waals surface area contributed by atoms with Crippen LogP contribution in [-0.2, 0) is 14.4 Å². The Morgan fingerprint density at radius 1 is 0.889 bits per heavy atom. The van der Waals surface area contributed by atoms with E-state index < -0.39 is 11.8 Å². The van der Waals surface area contributed by atoms with Crippen molar-refractivity contribution in [3.05, 3.63) is 83.4 Å². The first-order valence-electron chi connectivity index (χ1n) is 11.1. The van der Waals surface area contributed by atoms with Crippen LogP contribution in [0.4, 0.5) is 11.4 Å². The predicted molar refractivity (Wildman–Crippen MR) is 139 cm³/mol. The number of anilines is 2. The zero-order valence-corrected chi connectivity index (χ0v) is 20.2. The van der Waals surface area contributed by atoms with Crippen LogP contribution in [0.15, 0.2) is 77.9 Å². The Morgan fingerprint density at radius 2 is 1.67 bits per heavy atom. The summed E-state index contributed by atoms with van der Waals surface area (Å²) in [5.41, 5.74) is 3.70. The SMILES string of the molecule is CCCOc1ccc(NC(=O)C(=O)N/N=C\c2cccc(OCC(=O)Nc3ccccc3Cl)c2)cc1. The number of hydrogen-bond donors (Lipinski definition) is 3. The molecule has 10 heteroatoms. The number of carbonyl (C=O) groups is 3. The molecule has 0 atom stereocenters. The van der Waals surface area contributed by atoms with Crippen molar-refractivity contribution < 1.29 is 23.9 Å². The van der Waals surface area contributed by atoms with Gasteiger partial charge in [-0.2, -0.15) is 5.10 Å². The third kappa shape index (κ3) is 8.44. The van der Waals surface area contributed by atoms with Gasteiger partial charge in [-0.25, -0.2) is 5.43 Å². The molecule has 0 spiro atoms. The zero-order valence-electron chi connectivity index (χ0n) is 19.5. The summed E-state index contributed by atoms with van der Waals surface area (Å²) in [5, 5.41) is 9.38. The van der Waals surface area contributed by atoms with Crippen molar-refractivity contribution in [3.8, 4) is 11.5 Å². The highest BCUT2D eigenvalue weighted by Gasteiger charge is 2.13. The van der Waals surface area contributed by atoms with E-state index >= 15 is 0 Å². The highest BCUT2D eigenvalue weighted by Crippen LogP contribution is 2.20. The Balaban J connectivity index is 1.45. The topological polar surface area (TPSA) is 118 Å². The minimum atomic E-state index is -0.929. The van der Waals surface area contributed by atoms with Crippen molar-refractivity contribution in [2.24, 2.45) is 5.10 Å². The average molecular weight is 509 g/mol. The van der Waals surface area contributed by atoms with Crippen molar-refractivity contribution in [1.29, 1.82) is 0 Å². The van der Waals surface area contributed by atoms with Gasteiger partial charge in [0.15, 0.2) is 6.61 Å². The molecule has 0 saturated carbocycles. The van der Waals surface area contributed by atoms with Crippen LogP contribution < -0.4 is 25.5 Å². The number of rotatable bonds is 10. The fraction of sp³-hybridized carbons (Fsp3) is 0.154. The molecule has 0 aromatic heterocycles. The van der Waals surface area contributed by atoms with Gasteiger partial charge in [0.2, 0.25) is 0 Å². The molecule has 3 rings (SSSR count). The van der Waals surface area contributed by atoms with Crippen molar-refractivity contribution >= 4 is 46.9 Å². The molecule has 36 heavy (non-hydrogen) atoms. The molecule has 186 valence electrons. The van der Waals surface area contributed by atoms with Crippen LogP contribution in [-0.4, -0.2) is 37.1 Å². The normalized spacial score (nSPS) is 10.5. The number of nitrogens with one attached hydrogen (secondary N) is 3. The minimum absolute atomic E-state index is 0.228. The van der Waals surface area contributed by atoms with Crippen LogP contribution >= 0.6 is 11.6 Å². The van der Waals surface area contributed by atoms with Gasteiger partial charge in [0.25, 0.3) is 5.91 Å². The van der Waals surface area contributed by atoms with Gasteiger partial charge in [-0.3, -0.25) is 14.4 Å². The van der Waals surface area contributed by atoms with Crippen molar-refractivity contribution in [3.63, 3.8) is 0 Å². The first-order valence-corrected chi connectivity index (χ1v) is 11.5. The lowest BCUT2D eigenvalue weighted by Crippen LogP contribution is -2.32. The van der Waals surface area contributed by atoms with E-state index in [4.69, 9.17) is 21.1 Å². The first kappa shape index (κ1) is 26.2. The molecule has 0 saturated heterocycles. The zero-order chi connectivity index (χ0) is 25.8. The lowest BCUT2D eigenvalue weighted by Gasteiger charge is -2.09. The second-order valence-electron chi connectivity index (χ2n) is 7.42. The number of hydrogen-bond acceptors (Lipinski definition) is 6. The standard InChI is InChI=1S/C26H25ClN4O5/c1-2-14-35-20-12-10-19(11-13-20)29-25(33)26(34)31-28-16-18-6-5-7-21(15-18)36-17-24(32)30-23-9-4-3-8-22(23)27/h3-13,15-16H,2,14,17H2,1H3,(H,29,33)(H,30,32)(H,31,34)/b28-16-. The summed E-state index contributed by atoms with van der Waals surface area (Å²) in [6, 6.07) is 20.3. The largest absolute Gasteiger partial charge is 0.494 e. The van der Waals surface area contributed by atoms with E-state index in [-0.39, 0.29) is 12.5 Å². The van der Waals surface area contributed by atoms with Crippen LogP contribution in [0, 0.1) is 0 Å². The molecule has 0 fully saturated rings. The molecule has 3 aromatic rings. The Kier molecular flexibility index (Phi) is 9.84. The molecule has 0 heterocycles. The summed E-state index contributed by atoms with van der Waals surface area (Å²) < 4.78 is 11.0. The Bertz CT molecular complexity index is 1230. The van der Waals surface area contributed by atoms with E-state index in [1.165, 1.54) is 6.21 Å². The summed E-state index contributed by atoms with van der Waals surface area (Å²) in [4.78, 5) is 36.2. The maximum Gasteiger partial charge on any atom is 0.329 e. The van der Waals surface area contributed by atoms with Crippen molar-refractivity contribution in [2.75, 3.05) is 23.8 Å². The number of hydrazone groups is 1. The summed E-state index contributed by atoms with van der Waals surface area (Å²) in [6.07, 6.45) is 2.24. The second kappa shape index (κ2) is 13.5. The van der Waals surface area contributed by atoms with Crippen LogP contribution in [0.1, 0.15) is 18.9 Å². The van der Waals surface area contributed by atoms with Crippen LogP contribution in [0.3, 0.4) is 0 Å². The van der Waals surface area contributed by atoms with Crippen molar-refractivity contribution in [2.45, 2.75) is 13.3 Å². The highest BCUT2D eigenvalue weighted by atomic mass is 35.5. The molecule has 0 aliphatic carbocycles. The Morgan fingerprint density at radius 3 is 2.42 bits per heavy atom. The maximum atomic E-state index is 12.1. The second-order valence-corrected chi connectivity index (χ2v) is 7.82. The van der Waals surface area contributed by atoms with Crippen LogP contribution in [0.2, 0.25) is 5.02 Å². The van der Waals surface area contributed by atoms with Gasteiger partial charge in [-0.15, -0.1) is 0 Å². The van der Waals surface area contributed by atoms with Gasteiger partial charge in [-0.1, -0.05) is 42.8 Å². The number of ether oxygens (including phenoxy) is 2. The summed E-state index contributed by atoms with van der Waals surface area (Å²) >= 11 is 6.03. The first-order chi connectivity index (χ1) is 17.4. The molecule has 3 N–H and O–H groups in total. The molecule has 9 nitrogen and oxygen atoms in total. The van der Waals surface area contributed by atoms with Crippen LogP contribution in [0.25, 0.3) is 0 Å². The summed E-state index contributed by atoms with van der Waals surface area (Å²) in [6.45, 7) is 2.37. The third-order valence-corrected chi connectivity index (χ3v) is 4.88. The third-order valence-electron chi connectivity index (χ3n) is 4.55. The van der Waals surface area contributed by atoms with Gasteiger partial charge in [0.1, 0.15) is 11.5 Å². The number of para-hydroxylation sites is 1. The molecule has 0 unspecified atom stereocenters. The summed E-state index contributed by atoms with van der Waals surface area (Å²) in [5.74, 6) is -1.07. The van der Waals surface area contributed by atoms with Gasteiger partial charge in [-0.05, 0) is 60.5 Å². The molecule has 0 aliphatic rings. The predicted octanol–water partition coefficient (Wildman–Crippen LogP) is 4.24. The number of benzene rings is 3. The van der Waals surface area contributed by atoms with Gasteiger partial charge < -0.3 is 20.1 Å². The monoisotopic (exact) mass is 508 g/mol. The number of nitrogens with zero attached hydrogens (tertiary/aromatic N) is 1. The van der Waals surface area contributed by atoms with Gasteiger partial charge in [0.05, 0.1) is 23.5 Å². The number of amides is 3. The number of halogens is 1. The van der Waals surface area contributed by atoms with E-state index in [1.807, 2.05) is 6.92 Å². The Hall–Kier alpha value is -4.37. The molecular formula is C26H25ClN4O5. The van der Waals surface area contributed by atoms with Gasteiger partial charge >= 0.3 is 11.8 Å². The van der Waals surface area contributed by atoms with Gasteiger partial charge in [0, 0.05) is 5.69 Å². The fourth-order valence-electron chi connectivity index (χ4n) is 2.84. The average Bonchev–Trinajstić information content (AvgIpc) is 2.88. The minimum Gasteiger partial charge on any atom is -0.494 e. The lowest BCUT2D eigenvalue weighted by atomic mass is 10.2. The van der Waals surface area contributed by atoms with Crippen molar-refractivity contribution in [1.82, 2.24) is 5.43 Å². The smallest absolute Gasteiger partial charge is 0.329 e. The van der Waals surface area contributed by atoms with E-state index in [1.54, 1.807) is 72.8 Å². The van der Waals surface area contributed by atoms with E-state index in [2.05, 4.69) is 21.2 Å². The number of carbonyl (C=O) groups excluding carboxylic acids is 3. The molecule has 0 aliphatic heterocycles. The van der Waals surface area contributed by atoms with E-state index in [0.717, 1.165) is 6.42 Å². The molecule has 3 amide bonds. The highest BCUT2D eigenvalue weighted by molar-refractivity contribution is 6.39. The molecular weight excluding hydrogens is 484 g/mol. The quantitative estimate of drug-likeness (QED) is 0.215. The van der Waals surface area contributed by atoms with E-state index in [0.29, 0.717) is 40.1 Å². The Labute approximate surface area is 213 Å². The lowest BCUT2D eigenvalue weighted by molar-refractivity contribution is -0.136.